The van der Waals surface area contributed by atoms with Crippen molar-refractivity contribution in [2.75, 3.05) is 29.9 Å². The molecule has 0 fully saturated rings. The predicted octanol–water partition coefficient (Wildman–Crippen LogP) is 6.38. The first-order chi connectivity index (χ1) is 18.5. The first kappa shape index (κ1) is 23.8. The molecule has 4 aromatic rings. The molecule has 1 amide bonds. The lowest BCUT2D eigenvalue weighted by molar-refractivity contribution is 0.0224. The largest absolute Gasteiger partial charge is 0.456 e. The number of fused-ring (bicyclic) bond motifs is 6. The number of ether oxygens (including phenoxy) is 2. The third kappa shape index (κ3) is 3.48. The Morgan fingerprint density at radius 2 is 1.47 bits per heavy atom. The predicted molar refractivity (Wildman–Crippen MR) is 147 cm³/mol. The first-order valence-corrected chi connectivity index (χ1v) is 12.9. The lowest BCUT2D eigenvalue weighted by atomic mass is 9.77. The lowest BCUT2D eigenvalue weighted by Crippen LogP contribution is -2.34. The molecule has 2 aliphatic rings. The van der Waals surface area contributed by atoms with Crippen molar-refractivity contribution in [3.63, 3.8) is 0 Å². The van der Waals surface area contributed by atoms with Gasteiger partial charge in [0.1, 0.15) is 11.5 Å². The second kappa shape index (κ2) is 9.06. The van der Waals surface area contributed by atoms with E-state index in [4.69, 9.17) is 9.47 Å². The normalized spacial score (nSPS) is 16.7. The van der Waals surface area contributed by atoms with Gasteiger partial charge in [-0.15, -0.1) is 0 Å². The van der Waals surface area contributed by atoms with Gasteiger partial charge in [0.15, 0.2) is 5.60 Å². The average Bonchev–Trinajstić information content (AvgIpc) is 3.26. The monoisotopic (exact) mass is 504 g/mol. The van der Waals surface area contributed by atoms with Gasteiger partial charge >= 0.3 is 5.97 Å². The Kier molecular flexibility index (Phi) is 5.68. The Balaban J connectivity index is 1.54. The zero-order valence-electron chi connectivity index (χ0n) is 21.6. The van der Waals surface area contributed by atoms with Crippen LogP contribution < -0.4 is 14.5 Å². The molecule has 1 unspecified atom stereocenters. The van der Waals surface area contributed by atoms with Gasteiger partial charge in [0.25, 0.3) is 5.91 Å². The topological polar surface area (TPSA) is 59.1 Å². The third-order valence-electron chi connectivity index (χ3n) is 7.52. The summed E-state index contributed by atoms with van der Waals surface area (Å²) in [5.74, 6) is 0.714. The average molecular weight is 505 g/mol. The lowest BCUT2D eigenvalue weighted by Gasteiger charge is -2.37. The van der Waals surface area contributed by atoms with Gasteiger partial charge < -0.3 is 19.3 Å². The molecule has 0 aromatic heterocycles. The molecule has 0 radical (unpaired) electrons. The molecule has 0 aliphatic carbocycles. The minimum absolute atomic E-state index is 0.135. The highest BCUT2D eigenvalue weighted by Crippen LogP contribution is 2.57. The van der Waals surface area contributed by atoms with E-state index in [1.807, 2.05) is 72.8 Å². The number of hydrogen-bond donors (Lipinski definition) is 0. The van der Waals surface area contributed by atoms with E-state index in [9.17, 15) is 9.59 Å². The number of nitrogens with zero attached hydrogens (tertiary/aromatic N) is 2. The van der Waals surface area contributed by atoms with Crippen LogP contribution in [0.5, 0.6) is 11.5 Å². The summed E-state index contributed by atoms with van der Waals surface area (Å²) in [6, 6.07) is 28.3. The van der Waals surface area contributed by atoms with Crippen LogP contribution in [-0.4, -0.2) is 32.0 Å². The van der Waals surface area contributed by atoms with Crippen molar-refractivity contribution in [2.45, 2.75) is 19.4 Å². The summed E-state index contributed by atoms with van der Waals surface area (Å²) in [6.07, 6.45) is 0. The zero-order valence-corrected chi connectivity index (χ0v) is 21.6. The molecule has 1 atom stereocenters. The molecular weight excluding hydrogens is 476 g/mol. The van der Waals surface area contributed by atoms with Gasteiger partial charge in [-0.1, -0.05) is 36.4 Å². The molecule has 6 nitrogen and oxygen atoms in total. The van der Waals surface area contributed by atoms with E-state index in [2.05, 4.69) is 18.7 Å². The van der Waals surface area contributed by atoms with Crippen molar-refractivity contribution in [1.82, 2.24) is 0 Å². The molecule has 0 bridgehead atoms. The maximum Gasteiger partial charge on any atom is 0.340 e. The molecule has 0 N–H and O–H groups in total. The highest BCUT2D eigenvalue weighted by atomic mass is 16.6. The maximum atomic E-state index is 13.2. The van der Waals surface area contributed by atoms with Crippen LogP contribution in [0, 0.1) is 0 Å². The molecule has 4 aromatic carbocycles. The molecule has 6 rings (SSSR count). The van der Waals surface area contributed by atoms with E-state index < -0.39 is 5.60 Å². The number of esters is 1. The number of benzene rings is 4. The molecular formula is C32H28N2O4. The van der Waals surface area contributed by atoms with Gasteiger partial charge in [0.2, 0.25) is 0 Å². The zero-order chi connectivity index (χ0) is 26.4. The van der Waals surface area contributed by atoms with Gasteiger partial charge in [-0.25, -0.2) is 4.79 Å². The fourth-order valence-corrected chi connectivity index (χ4v) is 5.53. The Hall–Kier alpha value is -4.58. The van der Waals surface area contributed by atoms with Gasteiger partial charge in [0.05, 0.1) is 5.56 Å². The van der Waals surface area contributed by atoms with Crippen LogP contribution in [0.4, 0.5) is 11.4 Å². The van der Waals surface area contributed by atoms with Crippen LogP contribution in [0.15, 0.2) is 91.0 Å². The molecule has 0 saturated carbocycles. The fourth-order valence-electron chi connectivity index (χ4n) is 5.53. The number of rotatable bonds is 5. The Morgan fingerprint density at radius 3 is 2.24 bits per heavy atom. The van der Waals surface area contributed by atoms with Gasteiger partial charge in [-0.2, -0.15) is 0 Å². The number of hydrogen-bond acceptors (Lipinski definition) is 5. The Labute approximate surface area is 222 Å². The highest BCUT2D eigenvalue weighted by molar-refractivity contribution is 6.06. The summed E-state index contributed by atoms with van der Waals surface area (Å²) in [4.78, 5) is 30.3. The maximum absolute atomic E-state index is 13.2. The standard InChI is InChI=1S/C32H28N2O4/c1-4-34(5-2)23-15-17-26-29(20-23)37-28-18-16-22(33(3)30(35)21-11-7-6-8-12-21)19-27(28)32(26)25-14-10-9-13-24(25)31(36)38-32/h6-20H,4-5H2,1-3H3. The molecule has 1 spiro atoms. The minimum atomic E-state index is -1.19. The van der Waals surface area contributed by atoms with E-state index >= 15 is 0 Å². The highest BCUT2D eigenvalue weighted by Gasteiger charge is 2.53. The van der Waals surface area contributed by atoms with Crippen LogP contribution in [-0.2, 0) is 10.3 Å². The SMILES string of the molecule is CCN(CC)c1ccc2c(c1)Oc1ccc(N(C)C(=O)c3ccccc3)cc1C21OC(=O)c2ccccc21. The van der Waals surface area contributed by atoms with Crippen LogP contribution in [0.1, 0.15) is 51.3 Å². The van der Waals surface area contributed by atoms with Crippen molar-refractivity contribution < 1.29 is 19.1 Å². The van der Waals surface area contributed by atoms with Crippen molar-refractivity contribution in [3.05, 3.63) is 119 Å². The van der Waals surface area contributed by atoms with E-state index in [0.717, 1.165) is 29.9 Å². The van der Waals surface area contributed by atoms with Crippen molar-refractivity contribution in [3.8, 4) is 11.5 Å². The number of carbonyl (C=O) groups excluding carboxylic acids is 2. The van der Waals surface area contributed by atoms with E-state index in [-0.39, 0.29) is 11.9 Å². The summed E-state index contributed by atoms with van der Waals surface area (Å²) in [5.41, 5.74) is 3.84. The number of carbonyl (C=O) groups is 2. The van der Waals surface area contributed by atoms with Crippen LogP contribution in [0.2, 0.25) is 0 Å². The summed E-state index contributed by atoms with van der Waals surface area (Å²) < 4.78 is 12.8. The second-order valence-electron chi connectivity index (χ2n) is 9.48. The summed E-state index contributed by atoms with van der Waals surface area (Å²) in [5, 5.41) is 0. The molecule has 2 aliphatic heterocycles. The fraction of sp³-hybridized carbons (Fsp3) is 0.188. The van der Waals surface area contributed by atoms with E-state index in [0.29, 0.717) is 33.9 Å². The van der Waals surface area contributed by atoms with Gasteiger partial charge in [0, 0.05) is 59.8 Å². The summed E-state index contributed by atoms with van der Waals surface area (Å²) >= 11 is 0. The van der Waals surface area contributed by atoms with Crippen molar-refractivity contribution in [2.24, 2.45) is 0 Å². The minimum Gasteiger partial charge on any atom is -0.456 e. The molecule has 38 heavy (non-hydrogen) atoms. The third-order valence-corrected chi connectivity index (χ3v) is 7.52. The van der Waals surface area contributed by atoms with Crippen molar-refractivity contribution >= 4 is 23.3 Å². The molecule has 2 heterocycles. The van der Waals surface area contributed by atoms with E-state index in [1.165, 1.54) is 0 Å². The molecule has 190 valence electrons. The second-order valence-corrected chi connectivity index (χ2v) is 9.48. The number of amides is 1. The molecule has 6 heteroatoms. The Morgan fingerprint density at radius 1 is 0.763 bits per heavy atom. The first-order valence-electron chi connectivity index (χ1n) is 12.9. The quantitative estimate of drug-likeness (QED) is 0.295. The molecule has 0 saturated heterocycles. The number of anilines is 2. The van der Waals surface area contributed by atoms with Crippen LogP contribution in [0.3, 0.4) is 0 Å². The van der Waals surface area contributed by atoms with Crippen LogP contribution >= 0.6 is 0 Å². The van der Waals surface area contributed by atoms with E-state index in [1.54, 1.807) is 30.1 Å². The summed E-state index contributed by atoms with van der Waals surface area (Å²) in [7, 11) is 1.74. The van der Waals surface area contributed by atoms with Crippen LogP contribution in [0.25, 0.3) is 0 Å². The van der Waals surface area contributed by atoms with Gasteiger partial charge in [-0.3, -0.25) is 4.79 Å². The summed E-state index contributed by atoms with van der Waals surface area (Å²) in [6.45, 7) is 5.95. The smallest absolute Gasteiger partial charge is 0.340 e. The van der Waals surface area contributed by atoms with Gasteiger partial charge in [-0.05, 0) is 62.4 Å². The van der Waals surface area contributed by atoms with Crippen molar-refractivity contribution in [1.29, 1.82) is 0 Å². The Bertz CT molecular complexity index is 1560.